The molecule has 0 bridgehead atoms. The van der Waals surface area contributed by atoms with Gasteiger partial charge >= 0.3 is 0 Å². The van der Waals surface area contributed by atoms with Crippen LogP contribution in [0.5, 0.6) is 0 Å². The molecular formula is C11H15F2NO4S. The summed E-state index contributed by atoms with van der Waals surface area (Å²) in [6, 6.07) is 2.78. The molecule has 0 atom stereocenters. The van der Waals surface area contributed by atoms with E-state index in [9.17, 15) is 13.6 Å². The Balaban J connectivity index is 2.63. The first kappa shape index (κ1) is 15.9. The largest absolute Gasteiger partial charge is 0.455 e. The lowest BCUT2D eigenvalue weighted by molar-refractivity contribution is 0.0699. The van der Waals surface area contributed by atoms with E-state index in [1.54, 1.807) is 0 Å². The van der Waals surface area contributed by atoms with Crippen LogP contribution in [0.25, 0.3) is 0 Å². The van der Waals surface area contributed by atoms with Crippen LogP contribution in [0.1, 0.15) is 23.2 Å². The molecule has 1 amide bonds. The number of thioether (sulfide) groups is 1. The van der Waals surface area contributed by atoms with E-state index in [0.29, 0.717) is 11.8 Å². The molecule has 1 rings (SSSR count). The summed E-state index contributed by atoms with van der Waals surface area (Å²) in [4.78, 5) is 11.7. The molecule has 0 unspecified atom stereocenters. The minimum Gasteiger partial charge on any atom is -0.455 e. The summed E-state index contributed by atoms with van der Waals surface area (Å²) in [5, 5.41) is 20.5. The third-order valence-electron chi connectivity index (χ3n) is 2.35. The number of nitrogens with one attached hydrogen (secondary N) is 1. The van der Waals surface area contributed by atoms with Gasteiger partial charge in [0, 0.05) is 0 Å². The summed E-state index contributed by atoms with van der Waals surface area (Å²) in [6.07, 6.45) is 0. The van der Waals surface area contributed by atoms with Crippen LogP contribution in [0, 0.1) is 0 Å². The third-order valence-corrected chi connectivity index (χ3v) is 3.05. The van der Waals surface area contributed by atoms with Crippen molar-refractivity contribution in [1.29, 1.82) is 0 Å². The molecule has 0 radical (unpaired) electrons. The number of aliphatic hydroxyl groups is 2. The van der Waals surface area contributed by atoms with E-state index in [4.69, 9.17) is 14.6 Å². The van der Waals surface area contributed by atoms with Gasteiger partial charge < -0.3 is 19.9 Å². The van der Waals surface area contributed by atoms with Gasteiger partial charge in [-0.3, -0.25) is 4.79 Å². The van der Waals surface area contributed by atoms with Gasteiger partial charge in [-0.15, -0.1) is 0 Å². The predicted molar refractivity (Wildman–Crippen MR) is 66.0 cm³/mol. The Bertz CT molecular complexity index is 421. The van der Waals surface area contributed by atoms with Crippen molar-refractivity contribution in [2.24, 2.45) is 0 Å². The normalized spacial score (nSPS) is 11.9. The van der Waals surface area contributed by atoms with E-state index in [1.807, 2.05) is 0 Å². The average Bonchev–Trinajstić information content (AvgIpc) is 2.85. The van der Waals surface area contributed by atoms with Crippen molar-refractivity contribution >= 4 is 17.7 Å². The van der Waals surface area contributed by atoms with Crippen molar-refractivity contribution in [3.63, 3.8) is 0 Å². The fraction of sp³-hybridized carbons (Fsp3) is 0.545. The lowest BCUT2D eigenvalue weighted by Crippen LogP contribution is -2.51. The van der Waals surface area contributed by atoms with E-state index in [-0.39, 0.29) is 17.3 Å². The molecule has 5 nitrogen and oxygen atoms in total. The monoisotopic (exact) mass is 295 g/mol. The number of hydrogen-bond donors (Lipinski definition) is 3. The van der Waals surface area contributed by atoms with E-state index in [2.05, 4.69) is 5.32 Å². The highest BCUT2D eigenvalue weighted by molar-refractivity contribution is 7.98. The summed E-state index contributed by atoms with van der Waals surface area (Å²) in [5.41, 5.74) is -1.16. The van der Waals surface area contributed by atoms with Gasteiger partial charge in [0.15, 0.2) is 5.76 Å². The molecule has 0 saturated heterocycles. The number of rotatable bonds is 7. The minimum atomic E-state index is -2.51. The standard InChI is InChI=1S/C11H15F2NO4S/c1-11(5-15,6-16)14-9(17)8-3-2-7(18-8)4-19-10(12)13/h2-3,10,15-16H,4-6H2,1H3,(H,14,17). The van der Waals surface area contributed by atoms with Gasteiger partial charge in [0.05, 0.1) is 24.5 Å². The number of alkyl halides is 2. The van der Waals surface area contributed by atoms with Crippen molar-refractivity contribution in [1.82, 2.24) is 5.32 Å². The summed E-state index contributed by atoms with van der Waals surface area (Å²) in [7, 11) is 0. The van der Waals surface area contributed by atoms with Crippen molar-refractivity contribution in [2.45, 2.75) is 24.0 Å². The van der Waals surface area contributed by atoms with Crippen LogP contribution in [-0.2, 0) is 5.75 Å². The van der Waals surface area contributed by atoms with Crippen molar-refractivity contribution in [3.05, 3.63) is 23.7 Å². The molecule has 1 heterocycles. The first-order chi connectivity index (χ1) is 8.90. The Labute approximate surface area is 113 Å². The number of carbonyl (C=O) groups excluding carboxylic acids is 1. The van der Waals surface area contributed by atoms with E-state index in [0.717, 1.165) is 0 Å². The fourth-order valence-corrected chi connectivity index (χ4v) is 1.63. The molecule has 0 aliphatic heterocycles. The number of amides is 1. The molecule has 108 valence electrons. The van der Waals surface area contributed by atoms with Crippen LogP contribution in [0.3, 0.4) is 0 Å². The van der Waals surface area contributed by atoms with Crippen LogP contribution in [0.15, 0.2) is 16.5 Å². The zero-order chi connectivity index (χ0) is 14.5. The van der Waals surface area contributed by atoms with Crippen LogP contribution in [0.2, 0.25) is 0 Å². The molecular weight excluding hydrogens is 280 g/mol. The maximum absolute atomic E-state index is 12.0. The first-order valence-corrected chi connectivity index (χ1v) is 6.48. The summed E-state index contributed by atoms with van der Waals surface area (Å²) in [6.45, 7) is 0.579. The Morgan fingerprint density at radius 2 is 2.11 bits per heavy atom. The number of halogens is 2. The highest BCUT2D eigenvalue weighted by atomic mass is 32.2. The lowest BCUT2D eigenvalue weighted by atomic mass is 10.1. The Morgan fingerprint density at radius 3 is 2.63 bits per heavy atom. The minimum absolute atomic E-state index is 0.0395. The average molecular weight is 295 g/mol. The van der Waals surface area contributed by atoms with Gasteiger partial charge in [0.1, 0.15) is 5.76 Å². The third kappa shape index (κ3) is 4.81. The highest BCUT2D eigenvalue weighted by Crippen LogP contribution is 2.21. The maximum atomic E-state index is 12.0. The van der Waals surface area contributed by atoms with Crippen LogP contribution >= 0.6 is 11.8 Å². The molecule has 3 N–H and O–H groups in total. The molecule has 0 aliphatic rings. The van der Waals surface area contributed by atoms with Gasteiger partial charge in [-0.05, 0) is 19.1 Å². The first-order valence-electron chi connectivity index (χ1n) is 5.43. The zero-order valence-corrected chi connectivity index (χ0v) is 11.0. The Morgan fingerprint density at radius 1 is 1.47 bits per heavy atom. The van der Waals surface area contributed by atoms with Crippen LogP contribution in [0.4, 0.5) is 8.78 Å². The quantitative estimate of drug-likeness (QED) is 0.704. The molecule has 0 aliphatic carbocycles. The highest BCUT2D eigenvalue weighted by Gasteiger charge is 2.26. The summed E-state index contributed by atoms with van der Waals surface area (Å²) >= 11 is 0.393. The number of carbonyl (C=O) groups is 1. The van der Waals surface area contributed by atoms with Crippen molar-refractivity contribution in [2.75, 3.05) is 13.2 Å². The molecule has 1 aromatic rings. The van der Waals surface area contributed by atoms with Gasteiger partial charge in [-0.1, -0.05) is 11.8 Å². The van der Waals surface area contributed by atoms with Gasteiger partial charge in [0.25, 0.3) is 11.7 Å². The Hall–Kier alpha value is -1.12. The smallest absolute Gasteiger partial charge is 0.287 e. The van der Waals surface area contributed by atoms with E-state index >= 15 is 0 Å². The second-order valence-corrected chi connectivity index (χ2v) is 5.15. The zero-order valence-electron chi connectivity index (χ0n) is 10.2. The van der Waals surface area contributed by atoms with Gasteiger partial charge in [0.2, 0.25) is 0 Å². The van der Waals surface area contributed by atoms with Crippen molar-refractivity contribution in [3.8, 4) is 0 Å². The maximum Gasteiger partial charge on any atom is 0.287 e. The van der Waals surface area contributed by atoms with E-state index in [1.165, 1.54) is 19.1 Å². The summed E-state index contributed by atoms with van der Waals surface area (Å²) in [5.74, 6) is -2.97. The molecule has 0 aromatic carbocycles. The van der Waals surface area contributed by atoms with Crippen LogP contribution < -0.4 is 5.32 Å². The van der Waals surface area contributed by atoms with Crippen LogP contribution in [-0.4, -0.2) is 40.6 Å². The molecule has 0 fully saturated rings. The van der Waals surface area contributed by atoms with Crippen molar-refractivity contribution < 1.29 is 28.2 Å². The molecule has 0 spiro atoms. The number of aliphatic hydroxyl groups excluding tert-OH is 2. The molecule has 19 heavy (non-hydrogen) atoms. The predicted octanol–water partition coefficient (Wildman–Crippen LogP) is 1.21. The SMILES string of the molecule is CC(CO)(CO)NC(=O)c1ccc(CSC(F)F)o1. The van der Waals surface area contributed by atoms with E-state index < -0.39 is 30.4 Å². The number of furan rings is 1. The summed E-state index contributed by atoms with van der Waals surface area (Å²) < 4.78 is 29.1. The second-order valence-electron chi connectivity index (χ2n) is 4.17. The number of hydrogen-bond acceptors (Lipinski definition) is 5. The topological polar surface area (TPSA) is 82.7 Å². The van der Waals surface area contributed by atoms with Gasteiger partial charge in [-0.25, -0.2) is 0 Å². The molecule has 1 aromatic heterocycles. The Kier molecular flexibility index (Phi) is 5.77. The van der Waals surface area contributed by atoms with Gasteiger partial charge in [-0.2, -0.15) is 8.78 Å². The fourth-order valence-electron chi connectivity index (χ4n) is 1.19. The molecule has 0 saturated carbocycles. The second kappa shape index (κ2) is 6.88. The lowest BCUT2D eigenvalue weighted by Gasteiger charge is -2.25. The molecule has 8 heteroatoms.